The highest BCUT2D eigenvalue weighted by Gasteiger charge is 2.54. The molecule has 11 nitrogen and oxygen atoms in total. The van der Waals surface area contributed by atoms with E-state index in [1.165, 1.54) is 6.92 Å². The van der Waals surface area contributed by atoms with Gasteiger partial charge in [0.25, 0.3) is 0 Å². The van der Waals surface area contributed by atoms with Crippen LogP contribution in [0.15, 0.2) is 6.07 Å². The predicted molar refractivity (Wildman–Crippen MR) is 192 cm³/mol. The van der Waals surface area contributed by atoms with E-state index in [1.807, 2.05) is 32.6 Å². The Morgan fingerprint density at radius 3 is 2.60 bits per heavy atom. The number of aryl methyl sites for hydroxylation is 1. The molecule has 6 atom stereocenters. The van der Waals surface area contributed by atoms with E-state index in [0.29, 0.717) is 38.2 Å². The van der Waals surface area contributed by atoms with Gasteiger partial charge in [-0.05, 0) is 78.5 Å². The van der Waals surface area contributed by atoms with Crippen LogP contribution in [-0.4, -0.2) is 98.6 Å². The van der Waals surface area contributed by atoms with E-state index in [4.69, 9.17) is 53.1 Å². The predicted octanol–water partition coefficient (Wildman–Crippen LogP) is 7.60. The average Bonchev–Trinajstić information content (AvgIpc) is 3.66. The number of benzene rings is 1. The fraction of sp³-hybridized carbons (Fsp3) is 0.611. The molecule has 0 radical (unpaired) electrons. The zero-order valence-corrected chi connectivity index (χ0v) is 31.5. The number of aromatic nitrogens is 3. The van der Waals surface area contributed by atoms with Gasteiger partial charge in [0.15, 0.2) is 0 Å². The first-order valence-corrected chi connectivity index (χ1v) is 18.7. The molecule has 17 heteroatoms. The summed E-state index contributed by atoms with van der Waals surface area (Å²) in [5.74, 6) is 0.306. The van der Waals surface area contributed by atoms with Crippen LogP contribution in [0.3, 0.4) is 0 Å². The number of halogens is 6. The second kappa shape index (κ2) is 12.5. The lowest BCUT2D eigenvalue weighted by Gasteiger charge is -2.48. The number of nitrogen functional groups attached to an aromatic ring is 1. The van der Waals surface area contributed by atoms with E-state index in [-0.39, 0.29) is 68.5 Å². The minimum absolute atomic E-state index is 0.0428. The maximum atomic E-state index is 14.7. The Hall–Kier alpha value is -3.56. The van der Waals surface area contributed by atoms with E-state index in [9.17, 15) is 22.4 Å². The quantitative estimate of drug-likeness (QED) is 0.209. The molecule has 2 aromatic heterocycles. The van der Waals surface area contributed by atoms with E-state index >= 15 is 0 Å². The van der Waals surface area contributed by atoms with Gasteiger partial charge in [0.05, 0.1) is 50.7 Å². The summed E-state index contributed by atoms with van der Waals surface area (Å²) >= 11 is 13.7. The summed E-state index contributed by atoms with van der Waals surface area (Å²) in [7, 11) is 0. The molecule has 0 saturated carbocycles. The SMILES string of the molecule is Cc1cc(N)c(Cl)c(-c2nc3c4c(nc(OC[C@@]56CCCN5C[C@H](F)C6)nc4c2Cl)N2C[C@H]4CC[C@@H]([C@H]2[C@H](C)O3)N4C(=O)OC(C)(C)C)c1C(F)(F)F. The molecule has 1 amide bonds. The first-order valence-electron chi connectivity index (χ1n) is 17.9. The van der Waals surface area contributed by atoms with Crippen molar-refractivity contribution in [2.45, 2.75) is 114 Å². The summed E-state index contributed by atoms with van der Waals surface area (Å²) in [5.41, 5.74) is 2.79. The number of carbonyl (C=O) groups is 1. The molecule has 4 fully saturated rings. The molecule has 7 heterocycles. The fourth-order valence-corrected chi connectivity index (χ4v) is 9.82. The number of nitrogens with two attached hydrogens (primary N) is 1. The van der Waals surface area contributed by atoms with Gasteiger partial charge in [-0.2, -0.15) is 23.1 Å². The zero-order valence-electron chi connectivity index (χ0n) is 30.0. The van der Waals surface area contributed by atoms with Crippen LogP contribution in [0.1, 0.15) is 70.9 Å². The number of pyridine rings is 1. The van der Waals surface area contributed by atoms with Crippen molar-refractivity contribution in [3.63, 3.8) is 0 Å². The van der Waals surface area contributed by atoms with Crippen LogP contribution in [0, 0.1) is 6.92 Å². The van der Waals surface area contributed by atoms with Gasteiger partial charge >= 0.3 is 18.3 Å². The number of carbonyl (C=O) groups excluding carboxylic acids is 1. The standard InChI is InChI=1S/C36H41Cl2F4N7O4/c1-16-11-20(43)25(37)22(24(16)36(40,41)42)27-26(38)28-23-30(46-32(45-28)51-15-35-9-6-10-47(35)13-18(39)12-35)48-14-19-7-8-21(29(48)17(2)52-31(23)44-27)49(19)33(50)53-34(3,4)5/h11,17-19,21,29H,6-10,12-15,43H2,1-5H3/t17-,18+,19+,21-,29+,35-/m0/s1. The van der Waals surface area contributed by atoms with Crippen LogP contribution < -0.4 is 20.1 Å². The lowest BCUT2D eigenvalue weighted by atomic mass is 9.95. The molecule has 2 N–H and O–H groups in total. The third-order valence-electron chi connectivity index (χ3n) is 11.3. The first kappa shape index (κ1) is 36.4. The van der Waals surface area contributed by atoms with Gasteiger partial charge in [-0.15, -0.1) is 0 Å². The number of amides is 1. The van der Waals surface area contributed by atoms with Gasteiger partial charge in [0.2, 0.25) is 5.88 Å². The third-order valence-corrected chi connectivity index (χ3v) is 12.1. The molecule has 0 spiro atoms. The van der Waals surface area contributed by atoms with Crippen molar-refractivity contribution in [1.29, 1.82) is 0 Å². The molecule has 286 valence electrons. The van der Waals surface area contributed by atoms with Gasteiger partial charge in [0.1, 0.15) is 41.2 Å². The molecule has 3 aromatic rings. The van der Waals surface area contributed by atoms with Gasteiger partial charge in [-0.1, -0.05) is 23.2 Å². The van der Waals surface area contributed by atoms with Crippen molar-refractivity contribution in [2.24, 2.45) is 0 Å². The van der Waals surface area contributed by atoms with Crippen molar-refractivity contribution in [3.8, 4) is 23.1 Å². The highest BCUT2D eigenvalue weighted by molar-refractivity contribution is 6.40. The number of hydrogen-bond donors (Lipinski definition) is 1. The van der Waals surface area contributed by atoms with Gasteiger partial charge in [-0.25, -0.2) is 14.2 Å². The first-order chi connectivity index (χ1) is 24.9. The number of alkyl halides is 4. The highest BCUT2D eigenvalue weighted by atomic mass is 35.5. The van der Waals surface area contributed by atoms with Crippen LogP contribution in [-0.2, 0) is 10.9 Å². The van der Waals surface area contributed by atoms with E-state index < -0.39 is 52.9 Å². The van der Waals surface area contributed by atoms with E-state index in [0.717, 1.165) is 25.5 Å². The molecule has 5 aliphatic heterocycles. The summed E-state index contributed by atoms with van der Waals surface area (Å²) < 4.78 is 77.6. The number of piperazine rings is 1. The van der Waals surface area contributed by atoms with Crippen molar-refractivity contribution < 1.29 is 36.6 Å². The number of fused-ring (bicyclic) bond motifs is 6. The van der Waals surface area contributed by atoms with Crippen LogP contribution in [0.25, 0.3) is 22.2 Å². The molecular formula is C36H41Cl2F4N7O4. The normalized spacial score (nSPS) is 28.2. The Morgan fingerprint density at radius 2 is 1.89 bits per heavy atom. The van der Waals surface area contributed by atoms with Gasteiger partial charge < -0.3 is 24.8 Å². The molecule has 0 aliphatic carbocycles. The number of hydrogen-bond acceptors (Lipinski definition) is 10. The Bertz CT molecular complexity index is 2020. The van der Waals surface area contributed by atoms with Crippen LogP contribution in [0.4, 0.5) is 33.9 Å². The van der Waals surface area contributed by atoms with Gasteiger partial charge in [0, 0.05) is 25.1 Å². The number of anilines is 2. The molecule has 4 saturated heterocycles. The second-order valence-electron chi connectivity index (χ2n) is 16.0. The molecule has 2 bridgehead atoms. The molecule has 5 aliphatic rings. The van der Waals surface area contributed by atoms with Crippen molar-refractivity contribution in [3.05, 3.63) is 27.2 Å². The average molecular weight is 783 g/mol. The van der Waals surface area contributed by atoms with Crippen molar-refractivity contribution in [2.75, 3.05) is 36.9 Å². The minimum atomic E-state index is -4.85. The van der Waals surface area contributed by atoms with Crippen LogP contribution >= 0.6 is 23.2 Å². The molecule has 0 unspecified atom stereocenters. The van der Waals surface area contributed by atoms with Gasteiger partial charge in [-0.3, -0.25) is 9.80 Å². The van der Waals surface area contributed by atoms with Crippen molar-refractivity contribution in [1.82, 2.24) is 24.8 Å². The minimum Gasteiger partial charge on any atom is -0.472 e. The summed E-state index contributed by atoms with van der Waals surface area (Å²) in [6.07, 6.45) is -3.62. The van der Waals surface area contributed by atoms with E-state index in [1.54, 1.807) is 4.90 Å². The topological polar surface area (TPSA) is 119 Å². The lowest BCUT2D eigenvalue weighted by Crippen LogP contribution is -2.65. The largest absolute Gasteiger partial charge is 0.472 e. The molecule has 53 heavy (non-hydrogen) atoms. The smallest absolute Gasteiger partial charge is 0.417 e. The molecular weight excluding hydrogens is 741 g/mol. The Balaban J connectivity index is 1.31. The van der Waals surface area contributed by atoms with E-state index in [2.05, 4.69) is 9.88 Å². The fourth-order valence-electron chi connectivity index (χ4n) is 9.30. The summed E-state index contributed by atoms with van der Waals surface area (Å²) in [5, 5.41) is -0.326. The third kappa shape index (κ3) is 5.96. The van der Waals surface area contributed by atoms with Crippen molar-refractivity contribution >= 4 is 51.7 Å². The number of nitrogens with zero attached hydrogens (tertiary/aromatic N) is 6. The summed E-state index contributed by atoms with van der Waals surface area (Å²) in [6.45, 7) is 10.1. The second-order valence-corrected chi connectivity index (χ2v) is 16.7. The Kier molecular flexibility index (Phi) is 8.58. The maximum Gasteiger partial charge on any atom is 0.417 e. The molecule has 8 rings (SSSR count). The Morgan fingerprint density at radius 1 is 1.13 bits per heavy atom. The zero-order chi connectivity index (χ0) is 37.9. The number of rotatable bonds is 4. The molecule has 1 aromatic carbocycles. The van der Waals surface area contributed by atoms with Crippen LogP contribution in [0.2, 0.25) is 10.0 Å². The lowest BCUT2D eigenvalue weighted by molar-refractivity contribution is -0.137. The highest BCUT2D eigenvalue weighted by Crippen LogP contribution is 2.52. The number of ether oxygens (including phenoxy) is 3. The monoisotopic (exact) mass is 781 g/mol. The summed E-state index contributed by atoms with van der Waals surface area (Å²) in [6, 6.07) is 0.0157. The summed E-state index contributed by atoms with van der Waals surface area (Å²) in [4.78, 5) is 33.8. The maximum absolute atomic E-state index is 14.7. The van der Waals surface area contributed by atoms with Crippen LogP contribution in [0.5, 0.6) is 11.9 Å². The Labute approximate surface area is 314 Å².